The zero-order valence-electron chi connectivity index (χ0n) is 10.6. The molecule has 0 unspecified atom stereocenters. The summed E-state index contributed by atoms with van der Waals surface area (Å²) in [4.78, 5) is 10.2. The van der Waals surface area contributed by atoms with Crippen molar-refractivity contribution in [1.82, 2.24) is 5.01 Å². The van der Waals surface area contributed by atoms with Crippen molar-refractivity contribution < 1.29 is 4.92 Å². The molecule has 0 saturated carbocycles. The van der Waals surface area contributed by atoms with Gasteiger partial charge in [0, 0.05) is 30.6 Å². The highest BCUT2D eigenvalue weighted by atomic mass is 79.9. The molecule has 1 heterocycles. The van der Waals surface area contributed by atoms with Gasteiger partial charge < -0.3 is 0 Å². The minimum absolute atomic E-state index is 0.107. The molecule has 1 aromatic rings. The van der Waals surface area contributed by atoms with Gasteiger partial charge in [0.2, 0.25) is 0 Å². The van der Waals surface area contributed by atoms with E-state index in [4.69, 9.17) is 0 Å². The van der Waals surface area contributed by atoms with E-state index in [0.29, 0.717) is 5.33 Å². The first kappa shape index (κ1) is 14.0. The van der Waals surface area contributed by atoms with Crippen LogP contribution in [0.2, 0.25) is 0 Å². The first-order chi connectivity index (χ1) is 9.20. The lowest BCUT2D eigenvalue weighted by Gasteiger charge is -2.24. The molecule has 0 aliphatic carbocycles. The summed E-state index contributed by atoms with van der Waals surface area (Å²) in [6.07, 6.45) is 3.63. The molecule has 2 rings (SSSR count). The van der Waals surface area contributed by atoms with Crippen LogP contribution < -0.4 is 0 Å². The van der Waals surface area contributed by atoms with Crippen molar-refractivity contribution in [2.75, 3.05) is 18.4 Å². The summed E-state index contributed by atoms with van der Waals surface area (Å²) in [6, 6.07) is 6.54. The third kappa shape index (κ3) is 3.76. The number of non-ortho nitro benzene ring substituents is 1. The molecule has 102 valence electrons. The second kappa shape index (κ2) is 6.65. The molecule has 1 aliphatic rings. The van der Waals surface area contributed by atoms with Crippen LogP contribution >= 0.6 is 15.9 Å². The Labute approximate surface area is 120 Å². The van der Waals surface area contributed by atoms with Crippen LogP contribution in [0, 0.1) is 10.1 Å². The van der Waals surface area contributed by atoms with Crippen molar-refractivity contribution in [3.8, 4) is 0 Å². The number of halogens is 1. The molecule has 0 atom stereocenters. The van der Waals surface area contributed by atoms with Crippen LogP contribution in [0.5, 0.6) is 0 Å². The van der Waals surface area contributed by atoms with Crippen LogP contribution in [0.4, 0.5) is 5.69 Å². The molecule has 1 aliphatic heterocycles. The van der Waals surface area contributed by atoms with Gasteiger partial charge in [-0.25, -0.2) is 0 Å². The van der Waals surface area contributed by atoms with Crippen LogP contribution in [-0.4, -0.2) is 34.1 Å². The Kier molecular flexibility index (Phi) is 4.90. The Bertz CT molecular complexity index is 467. The summed E-state index contributed by atoms with van der Waals surface area (Å²) in [7, 11) is 0. The molecule has 0 amide bonds. The van der Waals surface area contributed by atoms with E-state index in [1.165, 1.54) is 31.4 Å². The number of hydrogen-bond acceptors (Lipinski definition) is 4. The maximum absolute atomic E-state index is 10.6. The summed E-state index contributed by atoms with van der Waals surface area (Å²) in [5.41, 5.74) is 1.94. The SMILES string of the molecule is O=[N+]([O-])c1ccc(/C(CBr)=N\N2CCCCC2)cc1. The summed E-state index contributed by atoms with van der Waals surface area (Å²) in [5, 5.41) is 18.0. The van der Waals surface area contributed by atoms with Crippen molar-refractivity contribution in [2.45, 2.75) is 19.3 Å². The van der Waals surface area contributed by atoms with E-state index in [2.05, 4.69) is 26.0 Å². The van der Waals surface area contributed by atoms with E-state index >= 15 is 0 Å². The minimum atomic E-state index is -0.390. The van der Waals surface area contributed by atoms with Crippen molar-refractivity contribution in [3.63, 3.8) is 0 Å². The number of hydrazone groups is 1. The van der Waals surface area contributed by atoms with E-state index < -0.39 is 0 Å². The highest BCUT2D eigenvalue weighted by Gasteiger charge is 2.11. The molecular weight excluding hydrogens is 310 g/mol. The van der Waals surface area contributed by atoms with Crippen molar-refractivity contribution in [3.05, 3.63) is 39.9 Å². The number of nitrogens with zero attached hydrogens (tertiary/aromatic N) is 3. The lowest BCUT2D eigenvalue weighted by molar-refractivity contribution is -0.384. The predicted molar refractivity (Wildman–Crippen MR) is 78.9 cm³/mol. The van der Waals surface area contributed by atoms with Gasteiger partial charge in [-0.2, -0.15) is 5.10 Å². The number of piperidine rings is 1. The Balaban J connectivity index is 2.16. The summed E-state index contributed by atoms with van der Waals surface area (Å²) in [6.45, 7) is 1.98. The first-order valence-corrected chi connectivity index (χ1v) is 7.46. The van der Waals surface area contributed by atoms with Crippen molar-refractivity contribution >= 4 is 27.3 Å². The van der Waals surface area contributed by atoms with Gasteiger partial charge in [0.25, 0.3) is 5.69 Å². The summed E-state index contributed by atoms with van der Waals surface area (Å²) < 4.78 is 0. The van der Waals surface area contributed by atoms with Crippen molar-refractivity contribution in [1.29, 1.82) is 0 Å². The number of alkyl halides is 1. The fourth-order valence-corrected chi connectivity index (χ4v) is 2.52. The van der Waals surface area contributed by atoms with Gasteiger partial charge in [-0.15, -0.1) is 0 Å². The lowest BCUT2D eigenvalue weighted by atomic mass is 10.1. The first-order valence-electron chi connectivity index (χ1n) is 6.34. The van der Waals surface area contributed by atoms with E-state index in [9.17, 15) is 10.1 Å². The van der Waals surface area contributed by atoms with Crippen LogP contribution in [0.1, 0.15) is 24.8 Å². The van der Waals surface area contributed by atoms with Gasteiger partial charge in [-0.1, -0.05) is 15.9 Å². The molecule has 0 N–H and O–H groups in total. The fraction of sp³-hybridized carbons (Fsp3) is 0.462. The predicted octanol–water partition coefficient (Wildman–Crippen LogP) is 3.18. The minimum Gasteiger partial charge on any atom is -0.297 e. The van der Waals surface area contributed by atoms with Gasteiger partial charge in [-0.3, -0.25) is 15.1 Å². The van der Waals surface area contributed by atoms with Crippen LogP contribution in [0.15, 0.2) is 29.4 Å². The molecule has 1 aromatic carbocycles. The largest absolute Gasteiger partial charge is 0.297 e. The quantitative estimate of drug-likeness (QED) is 0.369. The number of nitro groups is 1. The summed E-state index contributed by atoms with van der Waals surface area (Å²) in [5.74, 6) is 0. The molecule has 1 saturated heterocycles. The van der Waals surface area contributed by atoms with Gasteiger partial charge in [0.1, 0.15) is 0 Å². The maximum Gasteiger partial charge on any atom is 0.269 e. The van der Waals surface area contributed by atoms with Gasteiger partial charge in [-0.05, 0) is 37.0 Å². The van der Waals surface area contributed by atoms with E-state index in [0.717, 1.165) is 24.4 Å². The highest BCUT2D eigenvalue weighted by molar-refractivity contribution is 9.09. The van der Waals surface area contributed by atoms with Crippen LogP contribution in [-0.2, 0) is 0 Å². The van der Waals surface area contributed by atoms with Gasteiger partial charge in [0.05, 0.1) is 10.6 Å². The number of rotatable bonds is 4. The van der Waals surface area contributed by atoms with Crippen LogP contribution in [0.3, 0.4) is 0 Å². The standard InChI is InChI=1S/C13H16BrN3O2/c14-10-13(15-16-8-2-1-3-9-16)11-4-6-12(7-5-11)17(18)19/h4-7H,1-3,8-10H2/b15-13-. The summed E-state index contributed by atoms with van der Waals surface area (Å²) >= 11 is 3.44. The maximum atomic E-state index is 10.6. The molecule has 19 heavy (non-hydrogen) atoms. The van der Waals surface area contributed by atoms with Gasteiger partial charge >= 0.3 is 0 Å². The van der Waals surface area contributed by atoms with Crippen LogP contribution in [0.25, 0.3) is 0 Å². The molecular formula is C13H16BrN3O2. The topological polar surface area (TPSA) is 58.7 Å². The molecule has 0 aromatic heterocycles. The number of benzene rings is 1. The van der Waals surface area contributed by atoms with E-state index in [1.807, 2.05) is 0 Å². The fourth-order valence-electron chi connectivity index (χ4n) is 2.09. The Hall–Kier alpha value is -1.43. The molecule has 0 spiro atoms. The second-order valence-corrected chi connectivity index (χ2v) is 5.06. The third-order valence-corrected chi connectivity index (χ3v) is 3.66. The Morgan fingerprint density at radius 3 is 2.42 bits per heavy atom. The second-order valence-electron chi connectivity index (χ2n) is 4.50. The monoisotopic (exact) mass is 325 g/mol. The van der Waals surface area contributed by atoms with Gasteiger partial charge in [0.15, 0.2) is 0 Å². The zero-order valence-corrected chi connectivity index (χ0v) is 12.2. The zero-order chi connectivity index (χ0) is 13.7. The lowest BCUT2D eigenvalue weighted by Crippen LogP contribution is -2.26. The number of nitro benzene ring substituents is 1. The third-order valence-electron chi connectivity index (χ3n) is 3.13. The number of hydrogen-bond donors (Lipinski definition) is 0. The smallest absolute Gasteiger partial charge is 0.269 e. The average Bonchev–Trinajstić information content (AvgIpc) is 2.46. The van der Waals surface area contributed by atoms with Crippen molar-refractivity contribution in [2.24, 2.45) is 5.10 Å². The molecule has 0 bridgehead atoms. The molecule has 6 heteroatoms. The average molecular weight is 326 g/mol. The Morgan fingerprint density at radius 1 is 1.26 bits per heavy atom. The highest BCUT2D eigenvalue weighted by Crippen LogP contribution is 2.15. The van der Waals surface area contributed by atoms with E-state index in [1.54, 1.807) is 12.1 Å². The molecule has 0 radical (unpaired) electrons. The molecule has 5 nitrogen and oxygen atoms in total. The Morgan fingerprint density at radius 2 is 1.89 bits per heavy atom. The van der Waals surface area contributed by atoms with E-state index in [-0.39, 0.29) is 10.6 Å². The normalized spacial score (nSPS) is 16.5. The molecule has 1 fully saturated rings.